The molecule has 0 aliphatic heterocycles. The van der Waals surface area contributed by atoms with Crippen molar-refractivity contribution in [1.82, 2.24) is 4.98 Å². The summed E-state index contributed by atoms with van der Waals surface area (Å²) in [5.74, 6) is -3.24. The van der Waals surface area contributed by atoms with E-state index in [4.69, 9.17) is 0 Å². The van der Waals surface area contributed by atoms with Gasteiger partial charge in [0.15, 0.2) is 0 Å². The molecule has 1 aliphatic carbocycles. The number of hydrogen-bond donors (Lipinski definition) is 2. The Kier molecular flexibility index (Phi) is 3.98. The van der Waals surface area contributed by atoms with Crippen LogP contribution in [0.4, 0.5) is 13.2 Å². The number of aromatic amines is 1. The average molecular weight is 359 g/mol. The van der Waals surface area contributed by atoms with Crippen molar-refractivity contribution in [3.8, 4) is 11.3 Å². The molecule has 1 fully saturated rings. The lowest BCUT2D eigenvalue weighted by Gasteiger charge is -2.13. The summed E-state index contributed by atoms with van der Waals surface area (Å²) in [6.07, 6.45) is 1.55. The molecule has 6 heteroatoms. The first-order chi connectivity index (χ1) is 12.4. The van der Waals surface area contributed by atoms with Gasteiger partial charge in [-0.05, 0) is 66.6 Å². The van der Waals surface area contributed by atoms with Crippen LogP contribution in [0.15, 0.2) is 36.4 Å². The molecule has 2 aromatic carbocycles. The standard InChI is InChI=1S/C20H16F3NO2/c21-13-5-3-10(4-6-13)18-17(11-1-2-12(7-11)20(25)26)15-8-14(22)9-16(23)19(15)24-18/h3-6,8-9,11-12,24H,1-2,7H2,(H,25,26). The zero-order chi connectivity index (χ0) is 18.4. The fourth-order valence-corrected chi connectivity index (χ4v) is 3.98. The number of carboxylic acid groups (broad SMARTS) is 1. The number of fused-ring (bicyclic) bond motifs is 1. The molecule has 0 bridgehead atoms. The summed E-state index contributed by atoms with van der Waals surface area (Å²) in [6.45, 7) is 0. The summed E-state index contributed by atoms with van der Waals surface area (Å²) in [5.41, 5.74) is 2.12. The number of nitrogens with one attached hydrogen (secondary N) is 1. The van der Waals surface area contributed by atoms with Crippen molar-refractivity contribution < 1.29 is 23.1 Å². The van der Waals surface area contributed by atoms with Crippen LogP contribution in [0.5, 0.6) is 0 Å². The Morgan fingerprint density at radius 2 is 1.77 bits per heavy atom. The van der Waals surface area contributed by atoms with Gasteiger partial charge in [-0.3, -0.25) is 4.79 Å². The molecular weight excluding hydrogens is 343 g/mol. The number of aromatic nitrogens is 1. The molecule has 0 spiro atoms. The van der Waals surface area contributed by atoms with Crippen LogP contribution in [-0.4, -0.2) is 16.1 Å². The molecule has 4 rings (SSSR count). The molecule has 1 aliphatic rings. The van der Waals surface area contributed by atoms with E-state index in [0.717, 1.165) is 6.07 Å². The minimum atomic E-state index is -0.854. The molecule has 2 unspecified atom stereocenters. The summed E-state index contributed by atoms with van der Waals surface area (Å²) in [6, 6.07) is 7.83. The smallest absolute Gasteiger partial charge is 0.306 e. The Hall–Kier alpha value is -2.76. The van der Waals surface area contributed by atoms with Crippen LogP contribution in [0.3, 0.4) is 0 Å². The minimum Gasteiger partial charge on any atom is -0.481 e. The maximum atomic E-state index is 14.3. The van der Waals surface area contributed by atoms with Gasteiger partial charge in [0.05, 0.1) is 17.1 Å². The molecule has 0 saturated heterocycles. The van der Waals surface area contributed by atoms with Gasteiger partial charge in [-0.15, -0.1) is 0 Å². The third kappa shape index (κ3) is 2.75. The van der Waals surface area contributed by atoms with Crippen molar-refractivity contribution in [2.75, 3.05) is 0 Å². The Morgan fingerprint density at radius 1 is 1.04 bits per heavy atom. The van der Waals surface area contributed by atoms with Crippen LogP contribution >= 0.6 is 0 Å². The first kappa shape index (κ1) is 16.7. The van der Waals surface area contributed by atoms with Gasteiger partial charge < -0.3 is 10.1 Å². The van der Waals surface area contributed by atoms with Crippen molar-refractivity contribution in [3.05, 3.63) is 59.4 Å². The number of carboxylic acids is 1. The molecule has 134 valence electrons. The van der Waals surface area contributed by atoms with Crippen molar-refractivity contribution in [2.24, 2.45) is 5.92 Å². The molecule has 3 aromatic rings. The maximum Gasteiger partial charge on any atom is 0.306 e. The predicted octanol–water partition coefficient (Wildman–Crippen LogP) is 5.22. The second-order valence-corrected chi connectivity index (χ2v) is 6.78. The molecule has 2 atom stereocenters. The SMILES string of the molecule is O=C(O)C1CCC(c2c(-c3ccc(F)cc3)[nH]c3c(F)cc(F)cc23)C1. The molecule has 2 N–H and O–H groups in total. The highest BCUT2D eigenvalue weighted by Gasteiger charge is 2.34. The maximum absolute atomic E-state index is 14.3. The highest BCUT2D eigenvalue weighted by Crippen LogP contribution is 2.45. The number of halogens is 3. The second kappa shape index (κ2) is 6.20. The van der Waals surface area contributed by atoms with E-state index < -0.39 is 29.3 Å². The second-order valence-electron chi connectivity index (χ2n) is 6.78. The highest BCUT2D eigenvalue weighted by molar-refractivity contribution is 5.92. The zero-order valence-electron chi connectivity index (χ0n) is 13.7. The summed E-state index contributed by atoms with van der Waals surface area (Å²) < 4.78 is 41.4. The van der Waals surface area contributed by atoms with E-state index in [1.165, 1.54) is 18.2 Å². The summed E-state index contributed by atoms with van der Waals surface area (Å²) in [4.78, 5) is 14.3. The molecule has 3 nitrogen and oxygen atoms in total. The molecule has 1 aromatic heterocycles. The lowest BCUT2D eigenvalue weighted by molar-refractivity contribution is -0.141. The first-order valence-electron chi connectivity index (χ1n) is 8.43. The van der Waals surface area contributed by atoms with E-state index >= 15 is 0 Å². The van der Waals surface area contributed by atoms with Gasteiger partial charge in [0.2, 0.25) is 0 Å². The third-order valence-electron chi connectivity index (χ3n) is 5.19. The molecular formula is C20H16F3NO2. The number of hydrogen-bond acceptors (Lipinski definition) is 1. The Balaban J connectivity index is 1.92. The van der Waals surface area contributed by atoms with Crippen LogP contribution in [0.2, 0.25) is 0 Å². The lowest BCUT2D eigenvalue weighted by Crippen LogP contribution is -2.09. The van der Waals surface area contributed by atoms with E-state index in [0.29, 0.717) is 41.5 Å². The molecule has 26 heavy (non-hydrogen) atoms. The molecule has 0 radical (unpaired) electrons. The fourth-order valence-electron chi connectivity index (χ4n) is 3.98. The van der Waals surface area contributed by atoms with Crippen LogP contribution in [0, 0.1) is 23.4 Å². The van der Waals surface area contributed by atoms with E-state index in [1.54, 1.807) is 12.1 Å². The van der Waals surface area contributed by atoms with Crippen molar-refractivity contribution in [1.29, 1.82) is 0 Å². The summed E-state index contributed by atoms with van der Waals surface area (Å²) in [7, 11) is 0. The van der Waals surface area contributed by atoms with Crippen molar-refractivity contribution in [3.63, 3.8) is 0 Å². The average Bonchev–Trinajstić information content (AvgIpc) is 3.20. The van der Waals surface area contributed by atoms with Crippen LogP contribution < -0.4 is 0 Å². The van der Waals surface area contributed by atoms with Gasteiger partial charge in [0.25, 0.3) is 0 Å². The van der Waals surface area contributed by atoms with Crippen LogP contribution in [0.25, 0.3) is 22.2 Å². The Bertz CT molecular complexity index is 994. The topological polar surface area (TPSA) is 53.1 Å². The van der Waals surface area contributed by atoms with Gasteiger partial charge >= 0.3 is 5.97 Å². The van der Waals surface area contributed by atoms with E-state index in [9.17, 15) is 23.1 Å². The largest absolute Gasteiger partial charge is 0.481 e. The summed E-state index contributed by atoms with van der Waals surface area (Å²) >= 11 is 0. The fraction of sp³-hybridized carbons (Fsp3) is 0.250. The third-order valence-corrected chi connectivity index (χ3v) is 5.19. The van der Waals surface area contributed by atoms with Gasteiger partial charge in [0.1, 0.15) is 17.5 Å². The summed E-state index contributed by atoms with van der Waals surface area (Å²) in [5, 5.41) is 9.69. The number of carbonyl (C=O) groups is 1. The monoisotopic (exact) mass is 359 g/mol. The number of benzene rings is 2. The van der Waals surface area contributed by atoms with Gasteiger partial charge in [0, 0.05) is 11.5 Å². The Labute approximate surface area is 147 Å². The van der Waals surface area contributed by atoms with Crippen LogP contribution in [0.1, 0.15) is 30.7 Å². The quantitative estimate of drug-likeness (QED) is 0.674. The van der Waals surface area contributed by atoms with Gasteiger partial charge in [-0.2, -0.15) is 0 Å². The molecule has 1 saturated carbocycles. The molecule has 1 heterocycles. The van der Waals surface area contributed by atoms with E-state index in [2.05, 4.69) is 4.98 Å². The molecule has 0 amide bonds. The minimum absolute atomic E-state index is 0.133. The Morgan fingerprint density at radius 3 is 2.42 bits per heavy atom. The number of aliphatic carboxylic acids is 1. The number of H-pyrrole nitrogens is 1. The van der Waals surface area contributed by atoms with E-state index in [1.807, 2.05) is 0 Å². The van der Waals surface area contributed by atoms with E-state index in [-0.39, 0.29) is 11.4 Å². The zero-order valence-corrected chi connectivity index (χ0v) is 13.7. The normalized spacial score (nSPS) is 20.0. The van der Waals surface area contributed by atoms with Gasteiger partial charge in [-0.1, -0.05) is 0 Å². The lowest BCUT2D eigenvalue weighted by atomic mass is 9.91. The first-order valence-corrected chi connectivity index (χ1v) is 8.43. The predicted molar refractivity (Wildman–Crippen MR) is 91.3 cm³/mol. The van der Waals surface area contributed by atoms with Crippen molar-refractivity contribution in [2.45, 2.75) is 25.2 Å². The number of rotatable bonds is 3. The van der Waals surface area contributed by atoms with Gasteiger partial charge in [-0.25, -0.2) is 13.2 Å². The highest BCUT2D eigenvalue weighted by atomic mass is 19.1. The van der Waals surface area contributed by atoms with Crippen LogP contribution in [-0.2, 0) is 4.79 Å². The van der Waals surface area contributed by atoms with Crippen molar-refractivity contribution >= 4 is 16.9 Å².